The van der Waals surface area contributed by atoms with E-state index in [9.17, 15) is 9.18 Å². The molecule has 1 nitrogen and oxygen atoms in total. The number of unbranched alkanes of at least 4 members (excludes halogenated alkanes) is 1. The van der Waals surface area contributed by atoms with Crippen molar-refractivity contribution in [1.82, 2.24) is 0 Å². The van der Waals surface area contributed by atoms with Gasteiger partial charge in [-0.3, -0.25) is 4.79 Å². The molecule has 0 unspecified atom stereocenters. The molecule has 86 valence electrons. The smallest absolute Gasteiger partial charge is 0.155 e. The van der Waals surface area contributed by atoms with Crippen LogP contribution in [0, 0.1) is 12.7 Å². The molecule has 0 saturated carbocycles. The van der Waals surface area contributed by atoms with E-state index >= 15 is 0 Å². The molecule has 1 rings (SSSR count). The van der Waals surface area contributed by atoms with Gasteiger partial charge in [-0.2, -0.15) is 0 Å². The Kier molecular flexibility index (Phi) is 4.90. The second kappa shape index (κ2) is 6.21. The van der Waals surface area contributed by atoms with Gasteiger partial charge < -0.3 is 0 Å². The average Bonchev–Trinajstić information content (AvgIpc) is 2.25. The van der Waals surface area contributed by atoms with E-state index in [1.807, 2.05) is 6.92 Å². The van der Waals surface area contributed by atoms with E-state index in [2.05, 4.69) is 6.92 Å². The minimum atomic E-state index is -0.244. The van der Waals surface area contributed by atoms with E-state index in [1.165, 1.54) is 12.1 Å². The molecule has 0 aliphatic carbocycles. The summed E-state index contributed by atoms with van der Waals surface area (Å²) in [7, 11) is 0. The number of hydrogen-bond donors (Lipinski definition) is 0. The summed E-state index contributed by atoms with van der Waals surface area (Å²) in [5, 5.41) is 0. The quantitative estimate of drug-likeness (QED) is 0.688. The first kappa shape index (κ1) is 12.6. The Morgan fingerprint density at radius 1 is 1.44 bits per heavy atom. The summed E-state index contributed by atoms with van der Waals surface area (Å²) in [6, 6.07) is 4.56. The molecule has 0 amide bonds. The van der Waals surface area contributed by atoms with Crippen LogP contribution in [0.25, 0.3) is 6.08 Å². The lowest BCUT2D eigenvalue weighted by atomic mass is 10.1. The van der Waals surface area contributed by atoms with Crippen LogP contribution in [0.5, 0.6) is 0 Å². The number of carbonyl (C=O) groups is 1. The van der Waals surface area contributed by atoms with Crippen molar-refractivity contribution in [3.05, 3.63) is 41.2 Å². The fraction of sp³-hybridized carbons (Fsp3) is 0.357. The Balaban J connectivity index is 2.65. The summed E-state index contributed by atoms with van der Waals surface area (Å²) in [5.74, 6) is -0.113. The molecular formula is C14H17FO. The number of hydrogen-bond acceptors (Lipinski definition) is 1. The van der Waals surface area contributed by atoms with Crippen molar-refractivity contribution < 1.29 is 9.18 Å². The highest BCUT2D eigenvalue weighted by Gasteiger charge is 1.98. The number of allylic oxidation sites excluding steroid dienone is 1. The number of halogens is 1. The fourth-order valence-corrected chi connectivity index (χ4v) is 1.44. The molecule has 1 aromatic rings. The van der Waals surface area contributed by atoms with Crippen molar-refractivity contribution in [2.75, 3.05) is 0 Å². The van der Waals surface area contributed by atoms with Crippen LogP contribution in [0.15, 0.2) is 24.3 Å². The number of benzene rings is 1. The van der Waals surface area contributed by atoms with Crippen molar-refractivity contribution in [3.8, 4) is 0 Å². The van der Waals surface area contributed by atoms with Gasteiger partial charge in [0.1, 0.15) is 5.82 Å². The maximum atomic E-state index is 12.8. The van der Waals surface area contributed by atoms with Gasteiger partial charge in [-0.15, -0.1) is 0 Å². The van der Waals surface area contributed by atoms with Crippen LogP contribution in [-0.4, -0.2) is 5.78 Å². The zero-order valence-corrected chi connectivity index (χ0v) is 9.79. The van der Waals surface area contributed by atoms with Gasteiger partial charge in [-0.25, -0.2) is 4.39 Å². The molecule has 0 aliphatic rings. The number of aryl methyl sites for hydroxylation is 1. The topological polar surface area (TPSA) is 17.1 Å². The molecule has 0 aliphatic heterocycles. The van der Waals surface area contributed by atoms with E-state index in [4.69, 9.17) is 0 Å². The number of carbonyl (C=O) groups excluding carboxylic acids is 1. The minimum Gasteiger partial charge on any atom is -0.295 e. The van der Waals surface area contributed by atoms with E-state index < -0.39 is 0 Å². The van der Waals surface area contributed by atoms with Gasteiger partial charge in [0.2, 0.25) is 0 Å². The Morgan fingerprint density at radius 3 is 2.81 bits per heavy atom. The molecule has 0 saturated heterocycles. The van der Waals surface area contributed by atoms with Crippen LogP contribution in [-0.2, 0) is 4.79 Å². The second-order valence-corrected chi connectivity index (χ2v) is 3.90. The Labute approximate surface area is 96.0 Å². The Hall–Kier alpha value is -1.44. The highest BCUT2D eigenvalue weighted by atomic mass is 19.1. The maximum Gasteiger partial charge on any atom is 0.155 e. The van der Waals surface area contributed by atoms with Gasteiger partial charge in [0.15, 0.2) is 5.78 Å². The predicted octanol–water partition coefficient (Wildman–Crippen LogP) is 3.91. The summed E-state index contributed by atoms with van der Waals surface area (Å²) < 4.78 is 12.8. The first-order chi connectivity index (χ1) is 7.63. The van der Waals surface area contributed by atoms with Crippen molar-refractivity contribution in [2.45, 2.75) is 33.1 Å². The Morgan fingerprint density at radius 2 is 2.19 bits per heavy atom. The van der Waals surface area contributed by atoms with E-state index in [-0.39, 0.29) is 11.6 Å². The van der Waals surface area contributed by atoms with Crippen LogP contribution in [0.3, 0.4) is 0 Å². The zero-order chi connectivity index (χ0) is 12.0. The molecule has 0 atom stereocenters. The zero-order valence-electron chi connectivity index (χ0n) is 9.79. The molecule has 16 heavy (non-hydrogen) atoms. The van der Waals surface area contributed by atoms with Gasteiger partial charge in [0.25, 0.3) is 0 Å². The second-order valence-electron chi connectivity index (χ2n) is 3.90. The van der Waals surface area contributed by atoms with Crippen molar-refractivity contribution in [3.63, 3.8) is 0 Å². The maximum absolute atomic E-state index is 12.8. The van der Waals surface area contributed by atoms with Crippen LogP contribution >= 0.6 is 0 Å². The Bertz CT molecular complexity index is 394. The third-order valence-corrected chi connectivity index (χ3v) is 2.46. The molecule has 0 spiro atoms. The van der Waals surface area contributed by atoms with Crippen LogP contribution in [0.1, 0.15) is 37.3 Å². The number of ketones is 1. The van der Waals surface area contributed by atoms with Crippen LogP contribution in [0.2, 0.25) is 0 Å². The largest absolute Gasteiger partial charge is 0.295 e. The van der Waals surface area contributed by atoms with E-state index in [0.717, 1.165) is 24.0 Å². The molecule has 0 fully saturated rings. The summed E-state index contributed by atoms with van der Waals surface area (Å²) in [6.07, 6.45) is 5.87. The van der Waals surface area contributed by atoms with Gasteiger partial charge in [0, 0.05) is 6.42 Å². The van der Waals surface area contributed by atoms with Gasteiger partial charge in [-0.1, -0.05) is 25.5 Å². The molecule has 2 heteroatoms. The summed E-state index contributed by atoms with van der Waals surface area (Å²) in [6.45, 7) is 3.89. The summed E-state index contributed by atoms with van der Waals surface area (Å²) >= 11 is 0. The standard InChI is InChI=1S/C14H17FO/c1-3-4-5-14(16)9-7-12-6-8-13(15)10-11(12)2/h6-10H,3-5H2,1-2H3/b9-7+. The third kappa shape index (κ3) is 3.97. The van der Waals surface area contributed by atoms with Crippen molar-refractivity contribution in [2.24, 2.45) is 0 Å². The van der Waals surface area contributed by atoms with Gasteiger partial charge >= 0.3 is 0 Å². The number of rotatable bonds is 5. The first-order valence-corrected chi connectivity index (χ1v) is 5.60. The van der Waals surface area contributed by atoms with E-state index in [0.29, 0.717) is 6.42 Å². The van der Waals surface area contributed by atoms with Crippen LogP contribution in [0.4, 0.5) is 4.39 Å². The molecule has 0 aromatic heterocycles. The molecule has 0 heterocycles. The molecule has 0 bridgehead atoms. The summed E-state index contributed by atoms with van der Waals surface area (Å²) in [5.41, 5.74) is 1.74. The van der Waals surface area contributed by atoms with Gasteiger partial charge in [0.05, 0.1) is 0 Å². The lowest BCUT2D eigenvalue weighted by Crippen LogP contribution is -1.91. The molecule has 1 aromatic carbocycles. The predicted molar refractivity (Wildman–Crippen MR) is 64.7 cm³/mol. The highest BCUT2D eigenvalue weighted by molar-refractivity contribution is 5.93. The molecule has 0 N–H and O–H groups in total. The minimum absolute atomic E-state index is 0.130. The highest BCUT2D eigenvalue weighted by Crippen LogP contribution is 2.12. The normalized spacial score (nSPS) is 10.9. The van der Waals surface area contributed by atoms with Crippen LogP contribution < -0.4 is 0 Å². The van der Waals surface area contributed by atoms with Crippen molar-refractivity contribution in [1.29, 1.82) is 0 Å². The lowest BCUT2D eigenvalue weighted by Gasteiger charge is -1.99. The van der Waals surface area contributed by atoms with E-state index in [1.54, 1.807) is 18.2 Å². The first-order valence-electron chi connectivity index (χ1n) is 5.60. The average molecular weight is 220 g/mol. The van der Waals surface area contributed by atoms with Gasteiger partial charge in [-0.05, 0) is 42.7 Å². The van der Waals surface area contributed by atoms with Crippen molar-refractivity contribution >= 4 is 11.9 Å². The molecular weight excluding hydrogens is 203 g/mol. The monoisotopic (exact) mass is 220 g/mol. The lowest BCUT2D eigenvalue weighted by molar-refractivity contribution is -0.114. The fourth-order valence-electron chi connectivity index (χ4n) is 1.44. The SMILES string of the molecule is CCCCC(=O)/C=C/c1ccc(F)cc1C. The summed E-state index contributed by atoms with van der Waals surface area (Å²) in [4.78, 5) is 11.4. The molecule has 0 radical (unpaired) electrons. The third-order valence-electron chi connectivity index (χ3n) is 2.46.